The van der Waals surface area contributed by atoms with Gasteiger partial charge in [0.05, 0.1) is 0 Å². The van der Waals surface area contributed by atoms with E-state index in [2.05, 4.69) is 11.4 Å². The van der Waals surface area contributed by atoms with Crippen LogP contribution < -0.4 is 0 Å². The molecule has 1 aromatic rings. The largest absolute Gasteiger partial charge is 0.356 e. The molecule has 14 heavy (non-hydrogen) atoms. The molecule has 0 aromatic carbocycles. The summed E-state index contributed by atoms with van der Waals surface area (Å²) in [5.74, 6) is 0. The lowest BCUT2D eigenvalue weighted by atomic mass is 9.84. The summed E-state index contributed by atoms with van der Waals surface area (Å²) in [4.78, 5) is 1.33. The number of thiophene rings is 1. The van der Waals surface area contributed by atoms with E-state index in [0.717, 1.165) is 24.8 Å². The molecule has 1 aromatic heterocycles. The Kier molecular flexibility index (Phi) is 2.58. The number of rotatable bonds is 2. The molecule has 1 unspecified atom stereocenters. The highest BCUT2D eigenvalue weighted by atomic mass is 32.1. The first kappa shape index (κ1) is 9.70. The van der Waals surface area contributed by atoms with Gasteiger partial charge in [-0.1, -0.05) is 0 Å². The fourth-order valence-electron chi connectivity index (χ4n) is 2.07. The highest BCUT2D eigenvalue weighted by molar-refractivity contribution is 7.10. The normalized spacial score (nSPS) is 25.4. The number of ether oxygens (including phenoxy) is 1. The average Bonchev–Trinajstić information content (AvgIpc) is 2.67. The van der Waals surface area contributed by atoms with Gasteiger partial charge in [0, 0.05) is 17.0 Å². The molecule has 0 aliphatic heterocycles. The molecule has 1 heterocycles. The van der Waals surface area contributed by atoms with Crippen molar-refractivity contribution in [1.29, 1.82) is 5.26 Å². The number of nitrogens with zero attached hydrogens (tertiary/aromatic N) is 1. The molecule has 1 atom stereocenters. The van der Waals surface area contributed by atoms with Gasteiger partial charge in [0.1, 0.15) is 6.07 Å². The zero-order valence-electron chi connectivity index (χ0n) is 8.25. The maximum Gasteiger partial charge on any atom is 0.180 e. The highest BCUT2D eigenvalue weighted by Gasteiger charge is 2.38. The third kappa shape index (κ3) is 1.35. The summed E-state index contributed by atoms with van der Waals surface area (Å²) in [5.41, 5.74) is 0.459. The van der Waals surface area contributed by atoms with E-state index in [1.807, 2.05) is 13.0 Å². The number of nitriles is 1. The standard InChI is InChI=1S/C11H13NOS/c1-2-13-11(8-12)6-3-4-10-9(11)5-7-14-10/h5,7H,2-4,6H2,1H3. The van der Waals surface area contributed by atoms with Crippen molar-refractivity contribution in [3.63, 3.8) is 0 Å². The number of fused-ring (bicyclic) bond motifs is 1. The van der Waals surface area contributed by atoms with Crippen molar-refractivity contribution in [2.24, 2.45) is 0 Å². The molecule has 74 valence electrons. The Labute approximate surface area is 88.1 Å². The summed E-state index contributed by atoms with van der Waals surface area (Å²) in [7, 11) is 0. The minimum absolute atomic E-state index is 0.600. The summed E-state index contributed by atoms with van der Waals surface area (Å²) < 4.78 is 5.65. The van der Waals surface area contributed by atoms with Crippen LogP contribution in [-0.2, 0) is 16.8 Å². The Morgan fingerprint density at radius 2 is 2.57 bits per heavy atom. The van der Waals surface area contributed by atoms with Crippen LogP contribution in [0.4, 0.5) is 0 Å². The third-order valence-electron chi connectivity index (χ3n) is 2.68. The van der Waals surface area contributed by atoms with Crippen molar-refractivity contribution in [3.05, 3.63) is 21.9 Å². The summed E-state index contributed by atoms with van der Waals surface area (Å²) in [5, 5.41) is 11.3. The van der Waals surface area contributed by atoms with E-state index < -0.39 is 5.60 Å². The summed E-state index contributed by atoms with van der Waals surface area (Å²) in [6, 6.07) is 4.38. The van der Waals surface area contributed by atoms with E-state index in [4.69, 9.17) is 4.74 Å². The van der Waals surface area contributed by atoms with Crippen LogP contribution in [0.5, 0.6) is 0 Å². The molecular formula is C11H13NOS. The van der Waals surface area contributed by atoms with Gasteiger partial charge >= 0.3 is 0 Å². The molecule has 2 rings (SSSR count). The second-order valence-corrected chi connectivity index (χ2v) is 4.48. The van der Waals surface area contributed by atoms with Gasteiger partial charge in [0.2, 0.25) is 0 Å². The Morgan fingerprint density at radius 1 is 1.71 bits per heavy atom. The van der Waals surface area contributed by atoms with Gasteiger partial charge in [-0.15, -0.1) is 11.3 Å². The van der Waals surface area contributed by atoms with E-state index in [9.17, 15) is 5.26 Å². The maximum atomic E-state index is 9.27. The SMILES string of the molecule is CCOC1(C#N)CCCc2sccc21. The van der Waals surface area contributed by atoms with E-state index in [1.54, 1.807) is 11.3 Å². The first-order valence-corrected chi connectivity index (χ1v) is 5.82. The summed E-state index contributed by atoms with van der Waals surface area (Å²) in [6.07, 6.45) is 2.99. The van der Waals surface area contributed by atoms with Crippen LogP contribution in [0.3, 0.4) is 0 Å². The van der Waals surface area contributed by atoms with Gasteiger partial charge in [-0.25, -0.2) is 0 Å². The molecule has 3 heteroatoms. The fourth-order valence-corrected chi connectivity index (χ4v) is 3.06. The average molecular weight is 207 g/mol. The van der Waals surface area contributed by atoms with E-state index >= 15 is 0 Å². The van der Waals surface area contributed by atoms with Gasteiger partial charge in [-0.05, 0) is 37.6 Å². The molecule has 0 amide bonds. The number of hydrogen-bond donors (Lipinski definition) is 0. The topological polar surface area (TPSA) is 33.0 Å². The first-order valence-electron chi connectivity index (χ1n) is 4.94. The fraction of sp³-hybridized carbons (Fsp3) is 0.545. The Hall–Kier alpha value is -0.850. The highest BCUT2D eigenvalue weighted by Crippen LogP contribution is 2.40. The van der Waals surface area contributed by atoms with E-state index in [-0.39, 0.29) is 0 Å². The number of hydrogen-bond acceptors (Lipinski definition) is 3. The van der Waals surface area contributed by atoms with Crippen LogP contribution in [0.25, 0.3) is 0 Å². The van der Waals surface area contributed by atoms with Crippen LogP contribution in [0.1, 0.15) is 30.2 Å². The zero-order valence-corrected chi connectivity index (χ0v) is 9.06. The Balaban J connectivity index is 2.43. The van der Waals surface area contributed by atoms with Crippen LogP contribution in [0.2, 0.25) is 0 Å². The molecule has 0 fully saturated rings. The van der Waals surface area contributed by atoms with Crippen molar-refractivity contribution in [2.75, 3.05) is 6.61 Å². The second-order valence-electron chi connectivity index (χ2n) is 3.48. The van der Waals surface area contributed by atoms with Gasteiger partial charge in [0.25, 0.3) is 0 Å². The predicted octanol–water partition coefficient (Wildman–Crippen LogP) is 2.84. The van der Waals surface area contributed by atoms with Crippen molar-refractivity contribution < 1.29 is 4.74 Å². The maximum absolute atomic E-state index is 9.27. The van der Waals surface area contributed by atoms with Crippen LogP contribution in [-0.4, -0.2) is 6.61 Å². The zero-order chi connectivity index (χ0) is 10.0. The lowest BCUT2D eigenvalue weighted by Crippen LogP contribution is -2.31. The third-order valence-corrected chi connectivity index (χ3v) is 3.67. The van der Waals surface area contributed by atoms with Crippen LogP contribution >= 0.6 is 11.3 Å². The molecule has 1 aliphatic carbocycles. The first-order chi connectivity index (χ1) is 6.82. The smallest absolute Gasteiger partial charge is 0.180 e. The molecule has 0 N–H and O–H groups in total. The van der Waals surface area contributed by atoms with Gasteiger partial charge in [-0.2, -0.15) is 5.26 Å². The van der Waals surface area contributed by atoms with Crippen molar-refractivity contribution in [2.45, 2.75) is 31.8 Å². The van der Waals surface area contributed by atoms with Crippen molar-refractivity contribution in [1.82, 2.24) is 0 Å². The van der Waals surface area contributed by atoms with Crippen LogP contribution in [0.15, 0.2) is 11.4 Å². The van der Waals surface area contributed by atoms with Gasteiger partial charge in [-0.3, -0.25) is 0 Å². The molecule has 2 nitrogen and oxygen atoms in total. The van der Waals surface area contributed by atoms with E-state index in [1.165, 1.54) is 4.88 Å². The van der Waals surface area contributed by atoms with Gasteiger partial charge < -0.3 is 4.74 Å². The summed E-state index contributed by atoms with van der Waals surface area (Å²) in [6.45, 7) is 2.54. The summed E-state index contributed by atoms with van der Waals surface area (Å²) >= 11 is 1.74. The monoisotopic (exact) mass is 207 g/mol. The van der Waals surface area contributed by atoms with Crippen molar-refractivity contribution in [3.8, 4) is 6.07 Å². The predicted molar refractivity (Wildman–Crippen MR) is 56.2 cm³/mol. The second kappa shape index (κ2) is 3.72. The molecule has 0 radical (unpaired) electrons. The van der Waals surface area contributed by atoms with Crippen LogP contribution in [0, 0.1) is 11.3 Å². The Morgan fingerprint density at radius 3 is 3.29 bits per heavy atom. The molecule has 1 aliphatic rings. The minimum atomic E-state index is -0.650. The van der Waals surface area contributed by atoms with Crippen molar-refractivity contribution >= 4 is 11.3 Å². The van der Waals surface area contributed by atoms with E-state index in [0.29, 0.717) is 6.61 Å². The molecular weight excluding hydrogens is 194 g/mol. The lowest BCUT2D eigenvalue weighted by molar-refractivity contribution is -0.0104. The quantitative estimate of drug-likeness (QED) is 0.747. The number of aryl methyl sites for hydroxylation is 1. The minimum Gasteiger partial charge on any atom is -0.356 e. The van der Waals surface area contributed by atoms with Gasteiger partial charge in [0.15, 0.2) is 5.60 Å². The Bertz CT molecular complexity index is 366. The molecule has 0 bridgehead atoms. The lowest BCUT2D eigenvalue weighted by Gasteiger charge is -2.30. The molecule has 0 saturated carbocycles. The molecule has 0 saturated heterocycles. The molecule has 0 spiro atoms.